The molecule has 0 radical (unpaired) electrons. The second-order valence-electron chi connectivity index (χ2n) is 6.45. The summed E-state index contributed by atoms with van der Waals surface area (Å²) < 4.78 is 40.8. The number of halogens is 5. The third-order valence-electron chi connectivity index (χ3n) is 4.64. The normalized spacial score (nSPS) is 19.8. The summed E-state index contributed by atoms with van der Waals surface area (Å²) in [6, 6.07) is 7.15. The molecule has 0 bridgehead atoms. The molecule has 2 unspecified atom stereocenters. The van der Waals surface area contributed by atoms with Gasteiger partial charge in [-0.3, -0.25) is 9.69 Å². The highest BCUT2D eigenvalue weighted by Crippen LogP contribution is 2.41. The zero-order chi connectivity index (χ0) is 19.8. The van der Waals surface area contributed by atoms with Gasteiger partial charge < -0.3 is 5.11 Å². The summed E-state index contributed by atoms with van der Waals surface area (Å²) >= 11 is 10.6. The van der Waals surface area contributed by atoms with Gasteiger partial charge in [-0.1, -0.05) is 17.7 Å². The van der Waals surface area contributed by atoms with Crippen LogP contribution < -0.4 is 0 Å². The Labute approximate surface area is 171 Å². The molecule has 1 aliphatic rings. The minimum absolute atomic E-state index is 0.291. The van der Waals surface area contributed by atoms with Crippen molar-refractivity contribution in [2.24, 2.45) is 5.92 Å². The van der Waals surface area contributed by atoms with Gasteiger partial charge in [0.05, 0.1) is 26.3 Å². The monoisotopic (exact) mass is 481 g/mol. The summed E-state index contributed by atoms with van der Waals surface area (Å²) in [5, 5.41) is 9.02. The van der Waals surface area contributed by atoms with Crippen LogP contribution in [0.4, 0.5) is 13.2 Å². The van der Waals surface area contributed by atoms with Crippen molar-refractivity contribution >= 4 is 44.8 Å². The molecule has 1 fully saturated rings. The molecule has 1 aliphatic heterocycles. The molecule has 0 aliphatic carbocycles. The number of carboxylic acid groups (broad SMARTS) is 1. The molecule has 2 heterocycles. The van der Waals surface area contributed by atoms with Crippen molar-refractivity contribution in [2.45, 2.75) is 25.1 Å². The fourth-order valence-corrected chi connectivity index (χ4v) is 5.21. The molecule has 3 rings (SSSR count). The van der Waals surface area contributed by atoms with Crippen LogP contribution in [0.1, 0.15) is 34.9 Å². The molecular weight excluding hydrogens is 467 g/mol. The summed E-state index contributed by atoms with van der Waals surface area (Å²) in [7, 11) is 0. The lowest BCUT2D eigenvalue weighted by atomic mass is 9.93. The van der Waals surface area contributed by atoms with Crippen molar-refractivity contribution < 1.29 is 23.1 Å². The van der Waals surface area contributed by atoms with Crippen LogP contribution in [0, 0.1) is 5.92 Å². The topological polar surface area (TPSA) is 40.5 Å². The Morgan fingerprint density at radius 3 is 2.67 bits per heavy atom. The van der Waals surface area contributed by atoms with E-state index in [1.54, 1.807) is 6.07 Å². The first kappa shape index (κ1) is 20.6. The van der Waals surface area contributed by atoms with E-state index in [-0.39, 0.29) is 5.02 Å². The van der Waals surface area contributed by atoms with E-state index in [2.05, 4.69) is 15.9 Å². The van der Waals surface area contributed by atoms with Crippen molar-refractivity contribution in [1.29, 1.82) is 0 Å². The average molecular weight is 483 g/mol. The second-order valence-corrected chi connectivity index (χ2v) is 9.36. The summed E-state index contributed by atoms with van der Waals surface area (Å²) in [6.07, 6.45) is -3.31. The molecule has 2 atom stereocenters. The number of likely N-dealkylation sites (tertiary alicyclic amines) is 1. The van der Waals surface area contributed by atoms with Gasteiger partial charge >= 0.3 is 12.1 Å². The third kappa shape index (κ3) is 4.67. The minimum atomic E-state index is -4.56. The Morgan fingerprint density at radius 1 is 1.33 bits per heavy atom. The third-order valence-corrected chi connectivity index (χ3v) is 6.65. The van der Waals surface area contributed by atoms with Crippen LogP contribution in [0.3, 0.4) is 0 Å². The molecule has 9 heteroatoms. The average Bonchev–Trinajstić information content (AvgIpc) is 3.02. The Morgan fingerprint density at radius 2 is 2.07 bits per heavy atom. The van der Waals surface area contributed by atoms with E-state index >= 15 is 0 Å². The Hall–Kier alpha value is -1.09. The molecule has 1 N–H and O–H groups in total. The number of aliphatic carboxylic acids is 1. The number of carbonyl (C=O) groups is 1. The van der Waals surface area contributed by atoms with E-state index < -0.39 is 29.7 Å². The van der Waals surface area contributed by atoms with E-state index in [4.69, 9.17) is 11.6 Å². The van der Waals surface area contributed by atoms with Crippen LogP contribution in [-0.2, 0) is 11.0 Å². The number of carboxylic acids is 1. The fraction of sp³-hybridized carbons (Fsp3) is 0.389. The highest BCUT2D eigenvalue weighted by molar-refractivity contribution is 9.11. The molecule has 0 saturated carbocycles. The number of hydrogen-bond acceptors (Lipinski definition) is 3. The van der Waals surface area contributed by atoms with Gasteiger partial charge in [0.1, 0.15) is 0 Å². The van der Waals surface area contributed by atoms with Gasteiger partial charge in [-0.15, -0.1) is 11.3 Å². The highest BCUT2D eigenvalue weighted by atomic mass is 79.9. The molecule has 27 heavy (non-hydrogen) atoms. The van der Waals surface area contributed by atoms with Crippen LogP contribution in [0.5, 0.6) is 0 Å². The molecular formula is C18H16BrClF3NO2S. The van der Waals surface area contributed by atoms with Gasteiger partial charge in [0.15, 0.2) is 0 Å². The number of thiophene rings is 1. The molecule has 2 aromatic rings. The number of piperidine rings is 1. The molecule has 1 aromatic heterocycles. The zero-order valence-electron chi connectivity index (χ0n) is 14.0. The predicted molar refractivity (Wildman–Crippen MR) is 102 cm³/mol. The number of hydrogen-bond donors (Lipinski definition) is 1. The van der Waals surface area contributed by atoms with Crippen molar-refractivity contribution in [3.05, 3.63) is 55.1 Å². The number of alkyl halides is 3. The standard InChI is InChI=1S/C18H16BrClF3NO2S/c19-15-6-5-14(27-15)16(24-7-1-2-11(9-24)17(25)26)10-3-4-13(20)12(8-10)18(21,22)23/h3-6,8,11,16H,1-2,7,9H2,(H,25,26). The molecule has 3 nitrogen and oxygen atoms in total. The summed E-state index contributed by atoms with van der Waals surface area (Å²) in [4.78, 5) is 14.2. The van der Waals surface area contributed by atoms with Crippen molar-refractivity contribution in [1.82, 2.24) is 4.90 Å². The molecule has 0 spiro atoms. The van der Waals surface area contributed by atoms with E-state index in [1.165, 1.54) is 17.4 Å². The maximum Gasteiger partial charge on any atom is 0.417 e. The lowest BCUT2D eigenvalue weighted by Gasteiger charge is -2.37. The Balaban J connectivity index is 2.05. The van der Waals surface area contributed by atoms with E-state index in [0.29, 0.717) is 31.5 Å². The van der Waals surface area contributed by atoms with E-state index in [9.17, 15) is 23.1 Å². The van der Waals surface area contributed by atoms with Crippen molar-refractivity contribution in [2.75, 3.05) is 13.1 Å². The molecule has 0 amide bonds. The quantitative estimate of drug-likeness (QED) is 0.575. The molecule has 1 aromatic carbocycles. The number of benzene rings is 1. The van der Waals surface area contributed by atoms with Gasteiger partial charge in [0, 0.05) is 11.4 Å². The summed E-state index contributed by atoms with van der Waals surface area (Å²) in [6.45, 7) is 0.910. The van der Waals surface area contributed by atoms with E-state index in [0.717, 1.165) is 14.7 Å². The van der Waals surface area contributed by atoms with Gasteiger partial charge in [-0.05, 0) is 65.1 Å². The molecule has 1 saturated heterocycles. The summed E-state index contributed by atoms with van der Waals surface area (Å²) in [5.74, 6) is -1.41. The van der Waals surface area contributed by atoms with Crippen molar-refractivity contribution in [3.63, 3.8) is 0 Å². The largest absolute Gasteiger partial charge is 0.481 e. The van der Waals surface area contributed by atoms with E-state index in [1.807, 2.05) is 17.0 Å². The van der Waals surface area contributed by atoms with Crippen molar-refractivity contribution in [3.8, 4) is 0 Å². The fourth-order valence-electron chi connectivity index (χ4n) is 3.40. The molecule has 146 valence electrons. The maximum absolute atomic E-state index is 13.3. The first-order valence-corrected chi connectivity index (χ1v) is 10.2. The van der Waals surface area contributed by atoms with Crippen LogP contribution in [0.2, 0.25) is 5.02 Å². The Bertz CT molecular complexity index is 842. The van der Waals surface area contributed by atoms with Gasteiger partial charge in [0.25, 0.3) is 0 Å². The van der Waals surface area contributed by atoms with Gasteiger partial charge in [-0.2, -0.15) is 13.2 Å². The van der Waals surface area contributed by atoms with Crippen LogP contribution in [0.25, 0.3) is 0 Å². The van der Waals surface area contributed by atoms with Gasteiger partial charge in [-0.25, -0.2) is 0 Å². The first-order valence-electron chi connectivity index (χ1n) is 8.25. The Kier molecular flexibility index (Phi) is 6.20. The lowest BCUT2D eigenvalue weighted by molar-refractivity contribution is -0.143. The minimum Gasteiger partial charge on any atom is -0.481 e. The van der Waals surface area contributed by atoms with Crippen LogP contribution in [0.15, 0.2) is 34.1 Å². The highest BCUT2D eigenvalue weighted by Gasteiger charge is 2.36. The second kappa shape index (κ2) is 8.11. The SMILES string of the molecule is O=C(O)C1CCCN(C(c2ccc(Cl)c(C(F)(F)F)c2)c2ccc(Br)s2)C1. The lowest BCUT2D eigenvalue weighted by Crippen LogP contribution is -2.41. The summed E-state index contributed by atoms with van der Waals surface area (Å²) in [5.41, 5.74) is -0.429. The predicted octanol–water partition coefficient (Wildman–Crippen LogP) is 6.07. The number of rotatable bonds is 4. The smallest absolute Gasteiger partial charge is 0.417 e. The maximum atomic E-state index is 13.3. The van der Waals surface area contributed by atoms with Crippen LogP contribution >= 0.6 is 38.9 Å². The zero-order valence-corrected chi connectivity index (χ0v) is 17.1. The number of nitrogens with zero attached hydrogens (tertiary/aromatic N) is 1. The first-order chi connectivity index (χ1) is 12.7. The van der Waals surface area contributed by atoms with Gasteiger partial charge in [0.2, 0.25) is 0 Å². The van der Waals surface area contributed by atoms with Crippen LogP contribution in [-0.4, -0.2) is 29.1 Å².